The first kappa shape index (κ1) is 19.8. The molecule has 3 heterocycles. The van der Waals surface area contributed by atoms with Gasteiger partial charge in [-0.2, -0.15) is 0 Å². The molecule has 7 nitrogen and oxygen atoms in total. The molecule has 2 saturated heterocycles. The van der Waals surface area contributed by atoms with E-state index in [-0.39, 0.29) is 17.7 Å². The third-order valence-corrected chi connectivity index (χ3v) is 5.61. The predicted molar refractivity (Wildman–Crippen MR) is 102 cm³/mol. The van der Waals surface area contributed by atoms with E-state index in [1.165, 1.54) is 0 Å². The summed E-state index contributed by atoms with van der Waals surface area (Å²) >= 11 is 0. The summed E-state index contributed by atoms with van der Waals surface area (Å²) in [4.78, 5) is 33.3. The number of rotatable bonds is 6. The minimum atomic E-state index is 0.0608. The van der Waals surface area contributed by atoms with Crippen molar-refractivity contribution in [1.82, 2.24) is 20.1 Å². The van der Waals surface area contributed by atoms with Crippen LogP contribution in [-0.2, 0) is 9.53 Å². The smallest absolute Gasteiger partial charge is 0.255 e. The second-order valence-electron chi connectivity index (χ2n) is 7.38. The van der Waals surface area contributed by atoms with E-state index < -0.39 is 0 Å². The van der Waals surface area contributed by atoms with Crippen molar-refractivity contribution in [2.24, 2.45) is 5.92 Å². The van der Waals surface area contributed by atoms with Gasteiger partial charge in [0.25, 0.3) is 5.91 Å². The molecule has 1 aromatic heterocycles. The van der Waals surface area contributed by atoms with Gasteiger partial charge in [0.15, 0.2) is 0 Å². The lowest BCUT2D eigenvalue weighted by molar-refractivity contribution is -0.127. The molecule has 2 fully saturated rings. The maximum Gasteiger partial charge on any atom is 0.255 e. The number of aromatic nitrogens is 1. The van der Waals surface area contributed by atoms with Gasteiger partial charge in [-0.15, -0.1) is 0 Å². The predicted octanol–water partition coefficient (Wildman–Crippen LogP) is 1.16. The summed E-state index contributed by atoms with van der Waals surface area (Å²) in [5, 5.41) is 2.97. The number of piperidine rings is 2. The van der Waals surface area contributed by atoms with E-state index in [9.17, 15) is 9.59 Å². The lowest BCUT2D eigenvalue weighted by Gasteiger charge is -2.42. The van der Waals surface area contributed by atoms with Gasteiger partial charge < -0.3 is 15.0 Å². The number of amides is 2. The van der Waals surface area contributed by atoms with Gasteiger partial charge in [0.2, 0.25) is 5.91 Å². The fourth-order valence-electron chi connectivity index (χ4n) is 4.08. The first-order chi connectivity index (χ1) is 13.2. The zero-order valence-electron chi connectivity index (χ0n) is 16.1. The van der Waals surface area contributed by atoms with Gasteiger partial charge >= 0.3 is 0 Å². The SMILES string of the molecule is COCCNC(=O)C1CCCN(C2CCN(C(=O)c3cccnc3)CC2)C1. The zero-order valence-corrected chi connectivity index (χ0v) is 16.1. The molecule has 3 rings (SSSR count). The number of ether oxygens (including phenoxy) is 1. The molecular weight excluding hydrogens is 344 g/mol. The number of carbonyl (C=O) groups is 2. The van der Waals surface area contributed by atoms with E-state index in [0.29, 0.717) is 24.8 Å². The third-order valence-electron chi connectivity index (χ3n) is 5.61. The fourth-order valence-corrected chi connectivity index (χ4v) is 4.08. The van der Waals surface area contributed by atoms with Crippen molar-refractivity contribution in [3.63, 3.8) is 0 Å². The molecule has 1 aromatic rings. The minimum Gasteiger partial charge on any atom is -0.383 e. The second kappa shape index (κ2) is 9.80. The molecule has 148 valence electrons. The van der Waals surface area contributed by atoms with Crippen molar-refractivity contribution in [3.05, 3.63) is 30.1 Å². The van der Waals surface area contributed by atoms with Gasteiger partial charge in [-0.3, -0.25) is 19.5 Å². The Balaban J connectivity index is 1.47. The van der Waals surface area contributed by atoms with Crippen molar-refractivity contribution in [2.45, 2.75) is 31.7 Å². The van der Waals surface area contributed by atoms with Crippen molar-refractivity contribution in [3.8, 4) is 0 Å². The lowest BCUT2D eigenvalue weighted by Crippen LogP contribution is -2.51. The second-order valence-corrected chi connectivity index (χ2v) is 7.38. The number of hydrogen-bond acceptors (Lipinski definition) is 5. The van der Waals surface area contributed by atoms with E-state index in [2.05, 4.69) is 15.2 Å². The quantitative estimate of drug-likeness (QED) is 0.757. The van der Waals surface area contributed by atoms with Crippen molar-refractivity contribution >= 4 is 11.8 Å². The molecule has 2 amide bonds. The first-order valence-electron chi connectivity index (χ1n) is 9.89. The first-order valence-corrected chi connectivity index (χ1v) is 9.89. The van der Waals surface area contributed by atoms with Gasteiger partial charge in [-0.25, -0.2) is 0 Å². The van der Waals surface area contributed by atoms with Crippen LogP contribution in [0.25, 0.3) is 0 Å². The number of nitrogens with one attached hydrogen (secondary N) is 1. The summed E-state index contributed by atoms with van der Waals surface area (Å²) < 4.78 is 5.00. The molecule has 1 unspecified atom stereocenters. The summed E-state index contributed by atoms with van der Waals surface area (Å²) in [5.41, 5.74) is 0.654. The number of carbonyl (C=O) groups excluding carboxylic acids is 2. The van der Waals surface area contributed by atoms with Crippen LogP contribution in [-0.4, -0.2) is 79.1 Å². The molecule has 7 heteroatoms. The van der Waals surface area contributed by atoms with E-state index in [1.54, 1.807) is 25.6 Å². The number of likely N-dealkylation sites (tertiary alicyclic amines) is 2. The largest absolute Gasteiger partial charge is 0.383 e. The van der Waals surface area contributed by atoms with Crippen molar-refractivity contribution in [1.29, 1.82) is 0 Å². The van der Waals surface area contributed by atoms with E-state index in [4.69, 9.17) is 4.74 Å². The molecule has 0 aliphatic carbocycles. The minimum absolute atomic E-state index is 0.0608. The Hall–Kier alpha value is -1.99. The number of methoxy groups -OCH3 is 1. The number of hydrogen-bond donors (Lipinski definition) is 1. The molecule has 0 aromatic carbocycles. The zero-order chi connectivity index (χ0) is 19.1. The Labute approximate surface area is 161 Å². The topological polar surface area (TPSA) is 74.8 Å². The Morgan fingerprint density at radius 3 is 2.78 bits per heavy atom. The van der Waals surface area contributed by atoms with Crippen LogP contribution < -0.4 is 5.32 Å². The molecule has 0 bridgehead atoms. The highest BCUT2D eigenvalue weighted by Crippen LogP contribution is 2.24. The summed E-state index contributed by atoms with van der Waals surface area (Å²) in [6, 6.07) is 4.07. The van der Waals surface area contributed by atoms with Crippen LogP contribution in [0, 0.1) is 5.92 Å². The Morgan fingerprint density at radius 1 is 1.26 bits per heavy atom. The molecule has 2 aliphatic heterocycles. The van der Waals surface area contributed by atoms with Crippen LogP contribution >= 0.6 is 0 Å². The van der Waals surface area contributed by atoms with Crippen molar-refractivity contribution in [2.75, 3.05) is 46.4 Å². The third kappa shape index (κ3) is 5.26. The average Bonchev–Trinajstić information content (AvgIpc) is 2.74. The lowest BCUT2D eigenvalue weighted by atomic mass is 9.93. The van der Waals surface area contributed by atoms with E-state index in [0.717, 1.165) is 51.9 Å². The van der Waals surface area contributed by atoms with Crippen LogP contribution in [0.5, 0.6) is 0 Å². The number of nitrogens with zero attached hydrogens (tertiary/aromatic N) is 3. The molecule has 27 heavy (non-hydrogen) atoms. The standard InChI is InChI=1S/C20H30N4O3/c1-27-13-9-22-19(25)17-5-3-10-24(15-17)18-6-11-23(12-7-18)20(26)16-4-2-8-21-14-16/h2,4,8,14,17-18H,3,5-7,9-13,15H2,1H3,(H,22,25). The Kier molecular flexibility index (Phi) is 7.18. The summed E-state index contributed by atoms with van der Waals surface area (Å²) in [5.74, 6) is 0.266. The summed E-state index contributed by atoms with van der Waals surface area (Å²) in [7, 11) is 1.64. The van der Waals surface area contributed by atoms with Crippen molar-refractivity contribution < 1.29 is 14.3 Å². The monoisotopic (exact) mass is 374 g/mol. The maximum absolute atomic E-state index is 12.6. The average molecular weight is 374 g/mol. The van der Waals surface area contributed by atoms with E-state index in [1.807, 2.05) is 11.0 Å². The van der Waals surface area contributed by atoms with Gasteiger partial charge in [-0.05, 0) is 44.4 Å². The molecule has 0 radical (unpaired) electrons. The molecule has 0 saturated carbocycles. The van der Waals surface area contributed by atoms with Crippen LogP contribution in [0.1, 0.15) is 36.0 Å². The van der Waals surface area contributed by atoms with Gasteiger partial charge in [0.05, 0.1) is 18.1 Å². The Morgan fingerprint density at radius 2 is 2.07 bits per heavy atom. The molecule has 0 spiro atoms. The van der Waals surface area contributed by atoms with Crippen LogP contribution in [0.15, 0.2) is 24.5 Å². The molecular formula is C20H30N4O3. The highest BCUT2D eigenvalue weighted by Gasteiger charge is 2.32. The summed E-state index contributed by atoms with van der Waals surface area (Å²) in [6.45, 7) is 4.51. The van der Waals surface area contributed by atoms with Crippen LogP contribution in [0.2, 0.25) is 0 Å². The van der Waals surface area contributed by atoms with Crippen LogP contribution in [0.3, 0.4) is 0 Å². The van der Waals surface area contributed by atoms with Gasteiger partial charge in [-0.1, -0.05) is 0 Å². The molecule has 2 aliphatic rings. The normalized spacial score (nSPS) is 21.8. The van der Waals surface area contributed by atoms with Gasteiger partial charge in [0, 0.05) is 51.7 Å². The van der Waals surface area contributed by atoms with E-state index >= 15 is 0 Å². The molecule has 1 atom stereocenters. The summed E-state index contributed by atoms with van der Waals surface area (Å²) in [6.07, 6.45) is 7.24. The molecule has 1 N–H and O–H groups in total. The number of pyridine rings is 1. The fraction of sp³-hybridized carbons (Fsp3) is 0.650. The van der Waals surface area contributed by atoms with Gasteiger partial charge in [0.1, 0.15) is 0 Å². The highest BCUT2D eigenvalue weighted by atomic mass is 16.5. The maximum atomic E-state index is 12.6. The highest BCUT2D eigenvalue weighted by molar-refractivity contribution is 5.93. The Bertz CT molecular complexity index is 617. The van der Waals surface area contributed by atoms with Crippen LogP contribution in [0.4, 0.5) is 0 Å².